The number of hydrogen-bond acceptors (Lipinski definition) is 3. The van der Waals surface area contributed by atoms with Crippen LogP contribution in [-0.4, -0.2) is 22.2 Å². The maximum Gasteiger partial charge on any atom is 0.0667 e. The minimum Gasteiger partial charge on any atom is -0.396 e. The minimum atomic E-state index is 0.235. The van der Waals surface area contributed by atoms with Crippen LogP contribution in [0.3, 0.4) is 0 Å². The summed E-state index contributed by atoms with van der Waals surface area (Å²) in [7, 11) is 0. The van der Waals surface area contributed by atoms with Gasteiger partial charge in [0.25, 0.3) is 0 Å². The molecule has 15 heavy (non-hydrogen) atoms. The van der Waals surface area contributed by atoms with Crippen molar-refractivity contribution in [1.29, 1.82) is 5.26 Å². The van der Waals surface area contributed by atoms with E-state index >= 15 is 0 Å². The van der Waals surface area contributed by atoms with Crippen LogP contribution in [0.1, 0.15) is 45.4 Å². The van der Waals surface area contributed by atoms with Gasteiger partial charge in [-0.05, 0) is 19.3 Å². The minimum absolute atomic E-state index is 0.235. The Morgan fingerprint density at radius 3 is 2.80 bits per heavy atom. The van der Waals surface area contributed by atoms with Crippen molar-refractivity contribution in [2.24, 2.45) is 5.92 Å². The van der Waals surface area contributed by atoms with E-state index in [2.05, 4.69) is 13.0 Å². The molecule has 1 rings (SSSR count). The van der Waals surface area contributed by atoms with E-state index in [-0.39, 0.29) is 12.5 Å². The number of nitrogens with zero attached hydrogens (tertiary/aromatic N) is 1. The SMILES string of the molecule is CC(CCO)SC1CCCCCC1C#N. The van der Waals surface area contributed by atoms with E-state index in [1.165, 1.54) is 25.7 Å². The maximum atomic E-state index is 9.12. The summed E-state index contributed by atoms with van der Waals surface area (Å²) in [6.07, 6.45) is 6.85. The van der Waals surface area contributed by atoms with Crippen molar-refractivity contribution in [2.45, 2.75) is 55.9 Å². The van der Waals surface area contributed by atoms with Crippen LogP contribution in [0.4, 0.5) is 0 Å². The summed E-state index contributed by atoms with van der Waals surface area (Å²) in [6, 6.07) is 2.46. The highest BCUT2D eigenvalue weighted by Gasteiger charge is 2.25. The highest BCUT2D eigenvalue weighted by Crippen LogP contribution is 2.34. The smallest absolute Gasteiger partial charge is 0.0667 e. The Kier molecular flexibility index (Phi) is 6.12. The topological polar surface area (TPSA) is 44.0 Å². The van der Waals surface area contributed by atoms with Crippen molar-refractivity contribution >= 4 is 11.8 Å². The Morgan fingerprint density at radius 2 is 2.13 bits per heavy atom. The molecule has 1 N–H and O–H groups in total. The molecule has 0 heterocycles. The molecule has 0 aromatic rings. The monoisotopic (exact) mass is 227 g/mol. The van der Waals surface area contributed by atoms with Gasteiger partial charge in [0.2, 0.25) is 0 Å². The fourth-order valence-electron chi connectivity index (χ4n) is 2.13. The van der Waals surface area contributed by atoms with Gasteiger partial charge >= 0.3 is 0 Å². The Hall–Kier alpha value is -0.200. The predicted octanol–water partition coefficient (Wildman–Crippen LogP) is 2.96. The Bertz CT molecular complexity index is 214. The molecule has 0 amide bonds. The first-order valence-corrected chi connectivity index (χ1v) is 6.88. The molecule has 3 heteroatoms. The van der Waals surface area contributed by atoms with Gasteiger partial charge in [-0.25, -0.2) is 0 Å². The maximum absolute atomic E-state index is 9.12. The Morgan fingerprint density at radius 1 is 1.40 bits per heavy atom. The van der Waals surface area contributed by atoms with E-state index in [4.69, 9.17) is 10.4 Å². The van der Waals surface area contributed by atoms with Crippen LogP contribution in [0.5, 0.6) is 0 Å². The van der Waals surface area contributed by atoms with E-state index in [9.17, 15) is 0 Å². The molecule has 0 aliphatic heterocycles. The summed E-state index contributed by atoms with van der Waals surface area (Å²) in [5.74, 6) is 0.235. The second-order valence-corrected chi connectivity index (χ2v) is 6.05. The van der Waals surface area contributed by atoms with Gasteiger partial charge in [-0.2, -0.15) is 17.0 Å². The van der Waals surface area contributed by atoms with Crippen molar-refractivity contribution in [3.05, 3.63) is 0 Å². The van der Waals surface area contributed by atoms with Crippen LogP contribution in [0.15, 0.2) is 0 Å². The molecule has 0 aromatic heterocycles. The third-order valence-corrected chi connectivity index (χ3v) is 4.68. The molecule has 3 unspecified atom stereocenters. The third-order valence-electron chi connectivity index (χ3n) is 3.06. The van der Waals surface area contributed by atoms with Crippen LogP contribution in [0, 0.1) is 17.2 Å². The van der Waals surface area contributed by atoms with Gasteiger partial charge in [-0.15, -0.1) is 0 Å². The lowest BCUT2D eigenvalue weighted by Gasteiger charge is -2.22. The average Bonchev–Trinajstić information content (AvgIpc) is 2.43. The van der Waals surface area contributed by atoms with Crippen LogP contribution >= 0.6 is 11.8 Å². The largest absolute Gasteiger partial charge is 0.396 e. The molecule has 0 bridgehead atoms. The first-order chi connectivity index (χ1) is 7.27. The molecule has 0 aromatic carbocycles. The van der Waals surface area contributed by atoms with Crippen molar-refractivity contribution in [2.75, 3.05) is 6.61 Å². The summed E-state index contributed by atoms with van der Waals surface area (Å²) < 4.78 is 0. The number of rotatable bonds is 4. The number of nitriles is 1. The van der Waals surface area contributed by atoms with Gasteiger partial charge < -0.3 is 5.11 Å². The molecule has 1 aliphatic carbocycles. The molecular weight excluding hydrogens is 206 g/mol. The summed E-state index contributed by atoms with van der Waals surface area (Å²) in [5, 5.41) is 19.0. The quantitative estimate of drug-likeness (QED) is 0.751. The molecule has 2 nitrogen and oxygen atoms in total. The first-order valence-electron chi connectivity index (χ1n) is 5.94. The third kappa shape index (κ3) is 4.44. The van der Waals surface area contributed by atoms with Gasteiger partial charge in [0.05, 0.1) is 12.0 Å². The van der Waals surface area contributed by atoms with Crippen LogP contribution < -0.4 is 0 Å². The van der Waals surface area contributed by atoms with Gasteiger partial charge in [0, 0.05) is 17.1 Å². The predicted molar refractivity (Wildman–Crippen MR) is 64.7 cm³/mol. The zero-order valence-corrected chi connectivity index (χ0v) is 10.3. The molecule has 1 fully saturated rings. The molecule has 1 aliphatic rings. The highest BCUT2D eigenvalue weighted by molar-refractivity contribution is 8.00. The fourth-order valence-corrected chi connectivity index (χ4v) is 3.66. The fraction of sp³-hybridized carbons (Fsp3) is 0.917. The van der Waals surface area contributed by atoms with E-state index in [0.29, 0.717) is 10.5 Å². The van der Waals surface area contributed by atoms with Gasteiger partial charge in [0.1, 0.15) is 0 Å². The highest BCUT2D eigenvalue weighted by atomic mass is 32.2. The Labute approximate surface area is 97.1 Å². The van der Waals surface area contributed by atoms with Gasteiger partial charge in [0.15, 0.2) is 0 Å². The lowest BCUT2D eigenvalue weighted by molar-refractivity contribution is 0.288. The molecule has 3 atom stereocenters. The molecular formula is C12H21NOS. The summed E-state index contributed by atoms with van der Waals surface area (Å²) in [5.41, 5.74) is 0. The Balaban J connectivity index is 2.44. The standard InChI is InChI=1S/C12H21NOS/c1-10(7-8-14)15-12-6-4-2-3-5-11(12)9-13/h10-12,14H,2-8H2,1H3. The second kappa shape index (κ2) is 7.14. The normalized spacial score (nSPS) is 29.1. The van der Waals surface area contributed by atoms with E-state index < -0.39 is 0 Å². The molecule has 0 spiro atoms. The average molecular weight is 227 g/mol. The molecule has 0 saturated heterocycles. The van der Waals surface area contributed by atoms with Crippen molar-refractivity contribution < 1.29 is 5.11 Å². The lowest BCUT2D eigenvalue weighted by atomic mass is 10.0. The van der Waals surface area contributed by atoms with Crippen LogP contribution in [0.25, 0.3) is 0 Å². The second-order valence-electron chi connectivity index (χ2n) is 4.37. The lowest BCUT2D eigenvalue weighted by Crippen LogP contribution is -2.17. The van der Waals surface area contributed by atoms with E-state index in [1.807, 2.05) is 11.8 Å². The number of aliphatic hydroxyl groups is 1. The molecule has 86 valence electrons. The van der Waals surface area contributed by atoms with Crippen LogP contribution in [0.2, 0.25) is 0 Å². The summed E-state index contributed by atoms with van der Waals surface area (Å²) in [4.78, 5) is 0. The van der Waals surface area contributed by atoms with Gasteiger partial charge in [-0.3, -0.25) is 0 Å². The summed E-state index contributed by atoms with van der Waals surface area (Å²) >= 11 is 1.91. The first kappa shape index (κ1) is 12.9. The summed E-state index contributed by atoms with van der Waals surface area (Å²) in [6.45, 7) is 2.41. The number of aliphatic hydroxyl groups excluding tert-OH is 1. The van der Waals surface area contributed by atoms with Crippen molar-refractivity contribution in [3.63, 3.8) is 0 Å². The number of hydrogen-bond donors (Lipinski definition) is 1. The van der Waals surface area contributed by atoms with Crippen LogP contribution in [-0.2, 0) is 0 Å². The van der Waals surface area contributed by atoms with E-state index in [0.717, 1.165) is 12.8 Å². The number of thioether (sulfide) groups is 1. The molecule has 0 radical (unpaired) electrons. The molecule has 1 saturated carbocycles. The van der Waals surface area contributed by atoms with E-state index in [1.54, 1.807) is 0 Å². The zero-order valence-electron chi connectivity index (χ0n) is 9.48. The van der Waals surface area contributed by atoms with Crippen molar-refractivity contribution in [3.8, 4) is 6.07 Å². The van der Waals surface area contributed by atoms with Gasteiger partial charge in [-0.1, -0.05) is 26.2 Å². The van der Waals surface area contributed by atoms with Crippen molar-refractivity contribution in [1.82, 2.24) is 0 Å². The zero-order chi connectivity index (χ0) is 11.1.